The molecule has 1 aliphatic rings. The summed E-state index contributed by atoms with van der Waals surface area (Å²) in [5.41, 5.74) is 2.13. The minimum atomic E-state index is 0.192. The molecule has 3 aromatic heterocycles. The molecule has 0 spiro atoms. The van der Waals surface area contributed by atoms with Crippen LogP contribution < -0.4 is 0 Å². The Hall–Kier alpha value is -2.55. The maximum atomic E-state index is 6.05. The first-order chi connectivity index (χ1) is 15.7. The highest BCUT2D eigenvalue weighted by atomic mass is 32.2. The highest BCUT2D eigenvalue weighted by Gasteiger charge is 2.24. The number of hydrogen-bond acceptors (Lipinski definition) is 6. The van der Waals surface area contributed by atoms with Crippen molar-refractivity contribution in [3.63, 3.8) is 0 Å². The van der Waals surface area contributed by atoms with Gasteiger partial charge in [0.1, 0.15) is 5.76 Å². The van der Waals surface area contributed by atoms with E-state index in [4.69, 9.17) is 9.15 Å². The summed E-state index contributed by atoms with van der Waals surface area (Å²) in [5, 5.41) is 11.2. The van der Waals surface area contributed by atoms with Crippen LogP contribution in [0, 0.1) is 5.92 Å². The van der Waals surface area contributed by atoms with Crippen molar-refractivity contribution in [3.05, 3.63) is 54.6 Å². The fourth-order valence-corrected chi connectivity index (χ4v) is 5.23. The Balaban J connectivity index is 1.39. The van der Waals surface area contributed by atoms with Gasteiger partial charge in [-0.1, -0.05) is 43.8 Å². The van der Waals surface area contributed by atoms with Gasteiger partial charge >= 0.3 is 0 Å². The molecule has 1 saturated heterocycles. The fraction of sp³-hybridized carbons (Fsp3) is 0.417. The lowest BCUT2D eigenvalue weighted by molar-refractivity contribution is -0.0191. The minimum absolute atomic E-state index is 0.192. The van der Waals surface area contributed by atoms with E-state index in [1.165, 1.54) is 0 Å². The molecule has 8 heteroatoms. The van der Waals surface area contributed by atoms with Gasteiger partial charge in [-0.15, -0.1) is 10.2 Å². The van der Waals surface area contributed by atoms with Crippen LogP contribution >= 0.6 is 11.8 Å². The van der Waals surface area contributed by atoms with Crippen molar-refractivity contribution in [2.45, 2.75) is 31.7 Å². The Kier molecular flexibility index (Phi) is 6.34. The summed E-state index contributed by atoms with van der Waals surface area (Å²) < 4.78 is 13.8. The second-order valence-electron chi connectivity index (χ2n) is 8.68. The molecule has 1 fully saturated rings. The van der Waals surface area contributed by atoms with Gasteiger partial charge in [0.2, 0.25) is 0 Å². The van der Waals surface area contributed by atoms with Crippen LogP contribution in [0.1, 0.15) is 19.6 Å². The summed E-state index contributed by atoms with van der Waals surface area (Å²) >= 11 is 1.71. The largest absolute Gasteiger partial charge is 0.467 e. The third-order valence-corrected chi connectivity index (χ3v) is 6.78. The lowest BCUT2D eigenvalue weighted by atomic mass is 10.1. The second-order valence-corrected chi connectivity index (χ2v) is 9.66. The molecule has 1 N–H and O–H groups in total. The first-order valence-electron chi connectivity index (χ1n) is 11.2. The monoisotopic (exact) mass is 451 g/mol. The van der Waals surface area contributed by atoms with Gasteiger partial charge in [0, 0.05) is 48.1 Å². The van der Waals surface area contributed by atoms with Crippen LogP contribution in [0.15, 0.2) is 58.4 Å². The molecule has 5 rings (SSSR count). The van der Waals surface area contributed by atoms with Gasteiger partial charge in [-0.3, -0.25) is 9.47 Å². The lowest BCUT2D eigenvalue weighted by Crippen LogP contribution is -2.44. The number of H-pyrrole nitrogens is 1. The van der Waals surface area contributed by atoms with E-state index in [9.17, 15) is 0 Å². The van der Waals surface area contributed by atoms with Crippen molar-refractivity contribution in [1.82, 2.24) is 24.6 Å². The predicted octanol–water partition coefficient (Wildman–Crippen LogP) is 4.52. The molecule has 7 nitrogen and oxygen atoms in total. The summed E-state index contributed by atoms with van der Waals surface area (Å²) in [6.45, 7) is 9.00. The summed E-state index contributed by atoms with van der Waals surface area (Å²) in [6.07, 6.45) is 3.91. The van der Waals surface area contributed by atoms with Gasteiger partial charge < -0.3 is 14.1 Å². The van der Waals surface area contributed by atoms with Crippen molar-refractivity contribution in [1.29, 1.82) is 0 Å². The van der Waals surface area contributed by atoms with E-state index in [1.807, 2.05) is 30.5 Å². The highest BCUT2D eigenvalue weighted by molar-refractivity contribution is 7.99. The van der Waals surface area contributed by atoms with Crippen LogP contribution in [0.4, 0.5) is 0 Å². The Labute approximate surface area is 192 Å². The van der Waals surface area contributed by atoms with Crippen molar-refractivity contribution in [2.75, 3.05) is 32.0 Å². The molecule has 168 valence electrons. The van der Waals surface area contributed by atoms with Crippen molar-refractivity contribution >= 4 is 22.7 Å². The molecular weight excluding hydrogens is 422 g/mol. The van der Waals surface area contributed by atoms with E-state index in [0.717, 1.165) is 65.2 Å². The molecule has 1 aromatic carbocycles. The van der Waals surface area contributed by atoms with Gasteiger partial charge in [0.25, 0.3) is 0 Å². The summed E-state index contributed by atoms with van der Waals surface area (Å²) in [4.78, 5) is 5.85. The first-order valence-corrected chi connectivity index (χ1v) is 12.1. The van der Waals surface area contributed by atoms with Crippen LogP contribution in [0.5, 0.6) is 0 Å². The number of thioether (sulfide) groups is 1. The highest BCUT2D eigenvalue weighted by Crippen LogP contribution is 2.31. The maximum absolute atomic E-state index is 6.05. The maximum Gasteiger partial charge on any atom is 0.192 e. The fourth-order valence-electron chi connectivity index (χ4n) is 4.28. The number of rotatable bonds is 8. The number of hydrogen-bond donors (Lipinski definition) is 1. The minimum Gasteiger partial charge on any atom is -0.467 e. The third-order valence-electron chi connectivity index (χ3n) is 5.69. The van der Waals surface area contributed by atoms with E-state index < -0.39 is 0 Å². The average Bonchev–Trinajstić information content (AvgIpc) is 3.53. The number of benzene rings is 1. The summed E-state index contributed by atoms with van der Waals surface area (Å²) in [7, 11) is 0. The smallest absolute Gasteiger partial charge is 0.192 e. The van der Waals surface area contributed by atoms with E-state index in [1.54, 1.807) is 18.0 Å². The van der Waals surface area contributed by atoms with Crippen LogP contribution in [0.2, 0.25) is 0 Å². The molecule has 0 aliphatic carbocycles. The van der Waals surface area contributed by atoms with E-state index in [0.29, 0.717) is 12.5 Å². The number of nitrogens with one attached hydrogen (secondary N) is 1. The quantitative estimate of drug-likeness (QED) is 0.397. The van der Waals surface area contributed by atoms with Gasteiger partial charge in [-0.05, 0) is 24.1 Å². The number of ether oxygens (including phenoxy) is 1. The van der Waals surface area contributed by atoms with Crippen molar-refractivity contribution in [2.24, 2.45) is 5.92 Å². The lowest BCUT2D eigenvalue weighted by Gasteiger charge is -2.33. The summed E-state index contributed by atoms with van der Waals surface area (Å²) in [6, 6.07) is 12.2. The number of fused-ring (bicyclic) bond motifs is 1. The molecule has 0 unspecified atom stereocenters. The van der Waals surface area contributed by atoms with Gasteiger partial charge in [0.15, 0.2) is 11.0 Å². The van der Waals surface area contributed by atoms with Crippen molar-refractivity contribution < 1.29 is 9.15 Å². The van der Waals surface area contributed by atoms with Gasteiger partial charge in [-0.2, -0.15) is 0 Å². The van der Waals surface area contributed by atoms with Crippen LogP contribution in [-0.4, -0.2) is 62.7 Å². The number of aromatic amines is 1. The van der Waals surface area contributed by atoms with E-state index in [-0.39, 0.29) is 6.10 Å². The molecule has 32 heavy (non-hydrogen) atoms. The second kappa shape index (κ2) is 9.52. The number of morpholine rings is 1. The van der Waals surface area contributed by atoms with Crippen LogP contribution in [0.3, 0.4) is 0 Å². The molecule has 0 radical (unpaired) electrons. The number of furan rings is 1. The Morgan fingerprint density at radius 3 is 2.94 bits per heavy atom. The van der Waals surface area contributed by atoms with Gasteiger partial charge in [0.05, 0.1) is 25.5 Å². The number of para-hydroxylation sites is 1. The van der Waals surface area contributed by atoms with Crippen LogP contribution in [0.25, 0.3) is 22.3 Å². The molecule has 0 bridgehead atoms. The molecule has 1 atom stereocenters. The predicted molar refractivity (Wildman–Crippen MR) is 127 cm³/mol. The standard InChI is InChI=1S/C24H29N5O2S/c1-17(2)13-28-9-11-31-19(14-28)16-32-24-27-26-23(29(24)15-18-6-5-10-30-18)21-12-25-22-8-4-3-7-20(21)22/h3-8,10,12,17,19,25H,9,11,13-16H2,1-2H3/t19-/m0/s1. The topological polar surface area (TPSA) is 72.1 Å². The average molecular weight is 452 g/mol. The molecular formula is C24H29N5O2S. The molecule has 0 saturated carbocycles. The number of aromatic nitrogens is 4. The number of nitrogens with zero attached hydrogens (tertiary/aromatic N) is 4. The third kappa shape index (κ3) is 4.62. The molecule has 4 aromatic rings. The Bertz CT molecular complexity index is 1150. The molecule has 1 aliphatic heterocycles. The van der Waals surface area contributed by atoms with Gasteiger partial charge in [-0.25, -0.2) is 0 Å². The Morgan fingerprint density at radius 2 is 2.09 bits per heavy atom. The van der Waals surface area contributed by atoms with E-state index >= 15 is 0 Å². The summed E-state index contributed by atoms with van der Waals surface area (Å²) in [5.74, 6) is 3.23. The SMILES string of the molecule is CC(C)CN1CCO[C@H](CSc2nnc(-c3c[nH]c4ccccc34)n2Cc2ccco2)C1. The first kappa shape index (κ1) is 21.3. The molecule has 4 heterocycles. The molecule has 0 amide bonds. The normalized spacial score (nSPS) is 17.5. The van der Waals surface area contributed by atoms with Crippen LogP contribution in [-0.2, 0) is 11.3 Å². The van der Waals surface area contributed by atoms with E-state index in [2.05, 4.69) is 50.6 Å². The zero-order valence-corrected chi connectivity index (χ0v) is 19.3. The zero-order chi connectivity index (χ0) is 21.9. The van der Waals surface area contributed by atoms with Crippen molar-refractivity contribution in [3.8, 4) is 11.4 Å². The Morgan fingerprint density at radius 1 is 1.19 bits per heavy atom. The zero-order valence-electron chi connectivity index (χ0n) is 18.5.